The van der Waals surface area contributed by atoms with E-state index in [2.05, 4.69) is 32.9 Å². The van der Waals surface area contributed by atoms with Gasteiger partial charge in [0.15, 0.2) is 0 Å². The topological polar surface area (TPSA) is 50.9 Å². The highest BCUT2D eigenvalue weighted by Gasteiger charge is 2.14. The van der Waals surface area contributed by atoms with E-state index in [-0.39, 0.29) is 0 Å². The van der Waals surface area contributed by atoms with Gasteiger partial charge in [0.25, 0.3) is 0 Å². The highest BCUT2D eigenvalue weighted by molar-refractivity contribution is 14.1. The van der Waals surface area contributed by atoms with Gasteiger partial charge in [-0.05, 0) is 24.3 Å². The second-order valence-corrected chi connectivity index (χ2v) is 6.41. The summed E-state index contributed by atoms with van der Waals surface area (Å²) in [7, 11) is 0. The highest BCUT2D eigenvalue weighted by Crippen LogP contribution is 2.38. The molecule has 0 spiro atoms. The predicted molar refractivity (Wildman–Crippen MR) is 103 cm³/mol. The molecule has 0 atom stereocenters. The molecule has 0 aliphatic rings. The van der Waals surface area contributed by atoms with Gasteiger partial charge in [-0.25, -0.2) is 4.98 Å². The van der Waals surface area contributed by atoms with Gasteiger partial charge in [0.1, 0.15) is 10.8 Å². The number of nitrogens with two attached hydrogens (primary N) is 1. The summed E-state index contributed by atoms with van der Waals surface area (Å²) < 4.78 is 0.690. The lowest BCUT2D eigenvalue weighted by atomic mass is 10.1. The maximum Gasteiger partial charge on any atom is 0.132 e. The van der Waals surface area contributed by atoms with E-state index in [1.807, 2.05) is 0 Å². The number of thiocarbonyl (C=S) groups is 1. The number of alkyl halides is 1. The fourth-order valence-electron chi connectivity index (χ4n) is 1.73. The lowest BCUT2D eigenvalue weighted by Crippen LogP contribution is -2.21. The zero-order chi connectivity index (χ0) is 15.6. The molecule has 1 heterocycles. The lowest BCUT2D eigenvalue weighted by Gasteiger charge is -2.11. The smallest absolute Gasteiger partial charge is 0.132 e. The van der Waals surface area contributed by atoms with Crippen molar-refractivity contribution in [2.75, 3.05) is 10.3 Å². The number of benzene rings is 1. The van der Waals surface area contributed by atoms with Crippen LogP contribution in [-0.2, 0) is 0 Å². The van der Waals surface area contributed by atoms with Crippen molar-refractivity contribution in [2.45, 2.75) is 0 Å². The number of nitrogens with one attached hydrogen (secondary N) is 1. The van der Waals surface area contributed by atoms with Crippen LogP contribution in [-0.4, -0.2) is 14.5 Å². The Morgan fingerprint density at radius 1 is 1.24 bits per heavy atom. The van der Waals surface area contributed by atoms with E-state index in [4.69, 9.17) is 52.8 Å². The summed E-state index contributed by atoms with van der Waals surface area (Å²) in [6.07, 6.45) is 0. The number of nitrogens with zero attached hydrogens (tertiary/aromatic N) is 1. The van der Waals surface area contributed by atoms with Gasteiger partial charge in [-0.3, -0.25) is 0 Å². The zero-order valence-corrected chi connectivity index (χ0v) is 15.7. The largest absolute Gasteiger partial charge is 0.383 e. The molecule has 0 saturated carbocycles. The van der Waals surface area contributed by atoms with Crippen LogP contribution in [0.15, 0.2) is 24.3 Å². The summed E-state index contributed by atoms with van der Waals surface area (Å²) in [6, 6.07) is 6.85. The van der Waals surface area contributed by atoms with Gasteiger partial charge in [-0.1, -0.05) is 69.6 Å². The van der Waals surface area contributed by atoms with Crippen LogP contribution in [0.1, 0.15) is 5.69 Å². The monoisotopic (exact) mass is 471 g/mol. The van der Waals surface area contributed by atoms with Crippen LogP contribution in [0.3, 0.4) is 0 Å². The molecule has 0 fully saturated rings. The number of hydrogen-bond donors (Lipinski definition) is 2. The first-order valence-electron chi connectivity index (χ1n) is 5.69. The molecule has 0 bridgehead atoms. The molecule has 0 amide bonds. The molecule has 0 radical (unpaired) electrons. The van der Waals surface area contributed by atoms with Crippen LogP contribution >= 0.6 is 69.6 Å². The molecule has 110 valence electrons. The molecule has 3 N–H and O–H groups in total. The molecule has 1 aromatic carbocycles. The van der Waals surface area contributed by atoms with Crippen LogP contribution in [0.25, 0.3) is 11.1 Å². The predicted octanol–water partition coefficient (Wildman–Crippen LogP) is 4.95. The van der Waals surface area contributed by atoms with Crippen molar-refractivity contribution in [1.29, 1.82) is 0 Å². The van der Waals surface area contributed by atoms with Gasteiger partial charge in [-0.15, -0.1) is 0 Å². The van der Waals surface area contributed by atoms with Crippen LogP contribution < -0.4 is 11.1 Å². The third-order valence-corrected chi connectivity index (χ3v) is 4.42. The Balaban J connectivity index is 2.49. The van der Waals surface area contributed by atoms with Gasteiger partial charge in [0.2, 0.25) is 0 Å². The number of nitrogen functional groups attached to an aromatic ring is 1. The Morgan fingerprint density at radius 3 is 2.57 bits per heavy atom. The fourth-order valence-corrected chi connectivity index (χ4v) is 3.26. The van der Waals surface area contributed by atoms with Crippen molar-refractivity contribution >= 4 is 80.4 Å². The summed E-state index contributed by atoms with van der Waals surface area (Å²) >= 11 is 25.6. The molecule has 0 saturated heterocycles. The van der Waals surface area contributed by atoms with E-state index in [0.29, 0.717) is 47.2 Å². The van der Waals surface area contributed by atoms with Crippen molar-refractivity contribution in [3.05, 3.63) is 45.0 Å². The molecule has 2 aromatic rings. The number of halogens is 4. The summed E-state index contributed by atoms with van der Waals surface area (Å²) in [5, 5.41) is 4.24. The molecule has 0 aliphatic carbocycles. The molecular formula is C13H9Cl3IN3S. The number of aromatic nitrogens is 1. The fraction of sp³-hybridized carbons (Fsp3) is 0.0769. The quantitative estimate of drug-likeness (QED) is 0.218. The Labute approximate surface area is 156 Å². The molecule has 0 aliphatic heterocycles. The van der Waals surface area contributed by atoms with Crippen molar-refractivity contribution < 1.29 is 0 Å². The van der Waals surface area contributed by atoms with E-state index in [1.165, 1.54) is 0 Å². The van der Waals surface area contributed by atoms with E-state index < -0.39 is 0 Å². The minimum atomic E-state index is 0.311. The molecular weight excluding hydrogens is 463 g/mol. The van der Waals surface area contributed by atoms with Gasteiger partial charge in [0, 0.05) is 16.1 Å². The Morgan fingerprint density at radius 2 is 1.95 bits per heavy atom. The Hall–Kier alpha value is -0.340. The summed E-state index contributed by atoms with van der Waals surface area (Å²) in [4.78, 5) is 4.83. The van der Waals surface area contributed by atoms with Crippen molar-refractivity contribution in [3.8, 4) is 11.1 Å². The Bertz CT molecular complexity index is 709. The van der Waals surface area contributed by atoms with Crippen molar-refractivity contribution in [1.82, 2.24) is 10.3 Å². The number of rotatable bonds is 3. The number of hydrogen-bond acceptors (Lipinski definition) is 3. The third kappa shape index (κ3) is 3.90. The molecule has 2 rings (SSSR count). The van der Waals surface area contributed by atoms with Gasteiger partial charge >= 0.3 is 0 Å². The van der Waals surface area contributed by atoms with Crippen LogP contribution in [0.2, 0.25) is 15.1 Å². The molecule has 8 heteroatoms. The summed E-state index contributed by atoms with van der Waals surface area (Å²) in [6.45, 7) is 0. The van der Waals surface area contributed by atoms with Crippen LogP contribution in [0.4, 0.5) is 5.82 Å². The van der Waals surface area contributed by atoms with Gasteiger partial charge in [0.05, 0.1) is 20.3 Å². The first kappa shape index (κ1) is 17.0. The van der Waals surface area contributed by atoms with E-state index in [9.17, 15) is 0 Å². The van der Waals surface area contributed by atoms with E-state index >= 15 is 0 Å². The highest BCUT2D eigenvalue weighted by atomic mass is 127. The third-order valence-electron chi connectivity index (χ3n) is 2.67. The van der Waals surface area contributed by atoms with E-state index in [0.717, 1.165) is 0 Å². The van der Waals surface area contributed by atoms with Gasteiger partial charge in [-0.2, -0.15) is 0 Å². The SMILES string of the molecule is Nc1nc(C(=S)NCI)ccc1-c1cc(Cl)cc(Cl)c1Cl. The first-order valence-corrected chi connectivity index (χ1v) is 8.76. The van der Waals surface area contributed by atoms with Crippen molar-refractivity contribution in [2.24, 2.45) is 0 Å². The maximum absolute atomic E-state index is 6.21. The van der Waals surface area contributed by atoms with Crippen LogP contribution in [0.5, 0.6) is 0 Å². The average molecular weight is 473 g/mol. The molecule has 3 nitrogen and oxygen atoms in total. The standard InChI is InChI=1S/C13H9Cl3IN3S/c14-6-3-8(11(16)9(15)4-6)7-1-2-10(20-12(7)18)13(21)19-5-17/h1-4H,5H2,(H2,18,20)(H,19,21). The van der Waals surface area contributed by atoms with E-state index in [1.54, 1.807) is 24.3 Å². The number of anilines is 1. The first-order chi connectivity index (χ1) is 9.93. The number of pyridine rings is 1. The van der Waals surface area contributed by atoms with Crippen LogP contribution in [0, 0.1) is 0 Å². The lowest BCUT2D eigenvalue weighted by molar-refractivity contribution is 1.16. The summed E-state index contributed by atoms with van der Waals surface area (Å²) in [5.41, 5.74) is 7.91. The average Bonchev–Trinajstić information content (AvgIpc) is 2.43. The molecule has 1 aromatic heterocycles. The molecule has 0 unspecified atom stereocenters. The molecule has 21 heavy (non-hydrogen) atoms. The second kappa shape index (κ2) is 7.28. The maximum atomic E-state index is 6.21. The second-order valence-electron chi connectivity index (χ2n) is 4.02. The minimum absolute atomic E-state index is 0.311. The van der Waals surface area contributed by atoms with Crippen molar-refractivity contribution in [3.63, 3.8) is 0 Å². The Kier molecular flexibility index (Phi) is 5.90. The minimum Gasteiger partial charge on any atom is -0.383 e. The zero-order valence-electron chi connectivity index (χ0n) is 10.5. The van der Waals surface area contributed by atoms with Gasteiger partial charge < -0.3 is 11.1 Å². The normalized spacial score (nSPS) is 10.5. The summed E-state index contributed by atoms with van der Waals surface area (Å²) in [5.74, 6) is 0.311.